The predicted molar refractivity (Wildman–Crippen MR) is 103 cm³/mol. The third-order valence-corrected chi connectivity index (χ3v) is 5.75. The molecule has 0 radical (unpaired) electrons. The normalized spacial score (nSPS) is 16.3. The number of carbonyl (C=O) groups excluding carboxylic acids is 1. The van der Waals surface area contributed by atoms with Crippen LogP contribution in [0.25, 0.3) is 0 Å². The van der Waals surface area contributed by atoms with Gasteiger partial charge in [-0.05, 0) is 37.1 Å². The summed E-state index contributed by atoms with van der Waals surface area (Å²) in [5.41, 5.74) is -0.620. The van der Waals surface area contributed by atoms with Crippen molar-refractivity contribution in [2.45, 2.75) is 23.8 Å². The van der Waals surface area contributed by atoms with Gasteiger partial charge in [0.15, 0.2) is 5.75 Å². The van der Waals surface area contributed by atoms with Crippen molar-refractivity contribution in [2.75, 3.05) is 17.9 Å². The van der Waals surface area contributed by atoms with Crippen molar-refractivity contribution in [1.82, 2.24) is 5.32 Å². The average molecular weight is 421 g/mol. The standard InChI is InChI=1S/C18H19N3O7S/c22-17-8-7-13(10-16(17)21(24)25)29(26,27)20-15-6-2-1-5-14(15)18(23)19-11-12-4-3-9-28-12/h1-2,5-8,10,12,20,22H,3-4,9,11H2,(H,19,23). The summed E-state index contributed by atoms with van der Waals surface area (Å²) >= 11 is 0. The summed E-state index contributed by atoms with van der Waals surface area (Å²) in [5, 5.41) is 23.2. The zero-order chi connectivity index (χ0) is 21.0. The zero-order valence-electron chi connectivity index (χ0n) is 15.2. The number of phenols is 1. The minimum Gasteiger partial charge on any atom is -0.502 e. The molecule has 1 fully saturated rings. The highest BCUT2D eigenvalue weighted by molar-refractivity contribution is 7.92. The maximum atomic E-state index is 12.7. The average Bonchev–Trinajstić information content (AvgIpc) is 3.20. The highest BCUT2D eigenvalue weighted by Gasteiger charge is 2.23. The second-order valence-electron chi connectivity index (χ2n) is 6.40. The van der Waals surface area contributed by atoms with Crippen molar-refractivity contribution < 1.29 is 28.0 Å². The molecule has 1 heterocycles. The molecule has 0 aliphatic carbocycles. The molecule has 1 atom stereocenters. The summed E-state index contributed by atoms with van der Waals surface area (Å²) in [7, 11) is -4.24. The first-order chi connectivity index (χ1) is 13.8. The highest BCUT2D eigenvalue weighted by atomic mass is 32.2. The maximum absolute atomic E-state index is 12.7. The number of sulfonamides is 1. The lowest BCUT2D eigenvalue weighted by molar-refractivity contribution is -0.386. The Kier molecular flexibility index (Phi) is 5.99. The molecule has 154 valence electrons. The van der Waals surface area contributed by atoms with Gasteiger partial charge < -0.3 is 15.2 Å². The molecule has 1 aliphatic rings. The van der Waals surface area contributed by atoms with Crippen LogP contribution in [0.3, 0.4) is 0 Å². The fourth-order valence-electron chi connectivity index (χ4n) is 2.90. The van der Waals surface area contributed by atoms with Crippen LogP contribution in [-0.2, 0) is 14.8 Å². The van der Waals surface area contributed by atoms with Crippen LogP contribution in [-0.4, -0.2) is 43.6 Å². The number of aromatic hydroxyl groups is 1. The van der Waals surface area contributed by atoms with Gasteiger partial charge >= 0.3 is 5.69 Å². The molecule has 0 bridgehead atoms. The second kappa shape index (κ2) is 8.45. The molecule has 2 aromatic carbocycles. The van der Waals surface area contributed by atoms with E-state index in [0.29, 0.717) is 13.2 Å². The predicted octanol–water partition coefficient (Wildman–Crippen LogP) is 2.01. The van der Waals surface area contributed by atoms with Crippen molar-refractivity contribution in [1.29, 1.82) is 0 Å². The fourth-order valence-corrected chi connectivity index (χ4v) is 4.00. The van der Waals surface area contributed by atoms with E-state index in [2.05, 4.69) is 10.0 Å². The Morgan fingerprint density at radius 1 is 1.28 bits per heavy atom. The van der Waals surface area contributed by atoms with Crippen LogP contribution in [0.5, 0.6) is 5.75 Å². The minimum atomic E-state index is -4.24. The van der Waals surface area contributed by atoms with Crippen LogP contribution in [0.2, 0.25) is 0 Å². The molecule has 2 aromatic rings. The van der Waals surface area contributed by atoms with Gasteiger partial charge in [-0.25, -0.2) is 8.42 Å². The number of nitro groups is 1. The van der Waals surface area contributed by atoms with Crippen LogP contribution >= 0.6 is 0 Å². The van der Waals surface area contributed by atoms with Gasteiger partial charge in [0.05, 0.1) is 27.2 Å². The van der Waals surface area contributed by atoms with Gasteiger partial charge in [-0.15, -0.1) is 0 Å². The lowest BCUT2D eigenvalue weighted by atomic mass is 10.1. The number of hydrogen-bond acceptors (Lipinski definition) is 7. The van der Waals surface area contributed by atoms with E-state index in [1.165, 1.54) is 12.1 Å². The second-order valence-corrected chi connectivity index (χ2v) is 8.09. The third kappa shape index (κ3) is 4.81. The molecule has 0 aromatic heterocycles. The molecule has 10 nitrogen and oxygen atoms in total. The lowest BCUT2D eigenvalue weighted by Gasteiger charge is -2.14. The Morgan fingerprint density at radius 2 is 2.03 bits per heavy atom. The number of phenolic OH excluding ortho intramolecular Hbond substituents is 1. The summed E-state index contributed by atoms with van der Waals surface area (Å²) in [6, 6.07) is 8.71. The number of nitrogens with one attached hydrogen (secondary N) is 2. The third-order valence-electron chi connectivity index (χ3n) is 4.38. The van der Waals surface area contributed by atoms with Gasteiger partial charge in [0.25, 0.3) is 15.9 Å². The van der Waals surface area contributed by atoms with Gasteiger partial charge in [-0.3, -0.25) is 19.6 Å². The van der Waals surface area contributed by atoms with E-state index in [0.717, 1.165) is 31.0 Å². The van der Waals surface area contributed by atoms with Crippen LogP contribution in [0.1, 0.15) is 23.2 Å². The van der Waals surface area contributed by atoms with Crippen molar-refractivity contribution in [3.63, 3.8) is 0 Å². The number of amides is 1. The van der Waals surface area contributed by atoms with Crippen LogP contribution in [0, 0.1) is 10.1 Å². The Balaban J connectivity index is 1.81. The number of para-hydroxylation sites is 1. The molecule has 1 saturated heterocycles. The van der Waals surface area contributed by atoms with Gasteiger partial charge in [0.1, 0.15) is 0 Å². The quantitative estimate of drug-likeness (QED) is 0.457. The first-order valence-electron chi connectivity index (χ1n) is 8.77. The molecule has 0 saturated carbocycles. The summed E-state index contributed by atoms with van der Waals surface area (Å²) in [6.45, 7) is 0.958. The molecule has 29 heavy (non-hydrogen) atoms. The largest absolute Gasteiger partial charge is 0.502 e. The van der Waals surface area contributed by atoms with Crippen molar-refractivity contribution in [2.24, 2.45) is 0 Å². The highest BCUT2D eigenvalue weighted by Crippen LogP contribution is 2.29. The number of benzene rings is 2. The summed E-state index contributed by atoms with van der Waals surface area (Å²) in [4.78, 5) is 22.2. The Morgan fingerprint density at radius 3 is 2.72 bits per heavy atom. The summed E-state index contributed by atoms with van der Waals surface area (Å²) in [5.74, 6) is -1.13. The van der Waals surface area contributed by atoms with Crippen molar-refractivity contribution in [3.8, 4) is 5.75 Å². The molecule has 1 amide bonds. The molecule has 0 spiro atoms. The van der Waals surface area contributed by atoms with E-state index in [4.69, 9.17) is 4.74 Å². The van der Waals surface area contributed by atoms with Gasteiger partial charge in [-0.1, -0.05) is 12.1 Å². The maximum Gasteiger partial charge on any atom is 0.312 e. The van der Waals surface area contributed by atoms with Crippen LogP contribution in [0.4, 0.5) is 11.4 Å². The number of anilines is 1. The number of hydrogen-bond donors (Lipinski definition) is 3. The van der Waals surface area contributed by atoms with Crippen LogP contribution in [0.15, 0.2) is 47.4 Å². The molecule has 1 unspecified atom stereocenters. The molecule has 1 aliphatic heterocycles. The smallest absolute Gasteiger partial charge is 0.312 e. The van der Waals surface area contributed by atoms with Gasteiger partial charge in [0.2, 0.25) is 0 Å². The van der Waals surface area contributed by atoms with Crippen molar-refractivity contribution in [3.05, 3.63) is 58.1 Å². The van der Waals surface area contributed by atoms with Gasteiger partial charge in [-0.2, -0.15) is 0 Å². The van der Waals surface area contributed by atoms with E-state index in [-0.39, 0.29) is 17.4 Å². The van der Waals surface area contributed by atoms with Crippen LogP contribution < -0.4 is 10.0 Å². The summed E-state index contributed by atoms with van der Waals surface area (Å²) in [6.07, 6.45) is 1.70. The van der Waals surface area contributed by atoms with E-state index in [1.54, 1.807) is 12.1 Å². The summed E-state index contributed by atoms with van der Waals surface area (Å²) < 4.78 is 33.0. The number of rotatable bonds is 7. The van der Waals surface area contributed by atoms with E-state index < -0.39 is 37.2 Å². The van der Waals surface area contributed by atoms with E-state index in [9.17, 15) is 28.4 Å². The number of carbonyl (C=O) groups is 1. The first-order valence-corrected chi connectivity index (χ1v) is 10.3. The Bertz CT molecular complexity index is 1030. The molecular weight excluding hydrogens is 402 g/mol. The Labute approximate surface area is 166 Å². The molecule has 11 heteroatoms. The lowest BCUT2D eigenvalue weighted by Crippen LogP contribution is -2.32. The number of ether oxygens (including phenoxy) is 1. The van der Waals surface area contributed by atoms with E-state index in [1.807, 2.05) is 0 Å². The number of nitrogens with zero attached hydrogens (tertiary/aromatic N) is 1. The monoisotopic (exact) mass is 421 g/mol. The molecule has 3 N–H and O–H groups in total. The zero-order valence-corrected chi connectivity index (χ0v) is 16.0. The SMILES string of the molecule is O=C(NCC1CCCO1)c1ccccc1NS(=O)(=O)c1ccc(O)c([N+](=O)[O-])c1. The molecular formula is C18H19N3O7S. The van der Waals surface area contributed by atoms with Gasteiger partial charge in [0, 0.05) is 19.2 Å². The van der Waals surface area contributed by atoms with Crippen molar-refractivity contribution >= 4 is 27.3 Å². The van der Waals surface area contributed by atoms with E-state index >= 15 is 0 Å². The first kappa shape index (κ1) is 20.6. The topological polar surface area (TPSA) is 148 Å². The number of nitro benzene ring substituents is 1. The minimum absolute atomic E-state index is 0.0214. The fraction of sp³-hybridized carbons (Fsp3) is 0.278. The Hall–Kier alpha value is -3.18. The molecule has 3 rings (SSSR count).